The second-order valence-electron chi connectivity index (χ2n) is 3.90. The average molecular weight is 267 g/mol. The number of nitrogens with zero attached hydrogens (tertiary/aromatic N) is 4. The summed E-state index contributed by atoms with van der Waals surface area (Å²) >= 11 is 1.12. The number of carboxylic acid groups (broad SMARTS) is 1. The summed E-state index contributed by atoms with van der Waals surface area (Å²) in [4.78, 5) is 15.4. The molecule has 1 atom stereocenters. The molecule has 7 nitrogen and oxygen atoms in total. The summed E-state index contributed by atoms with van der Waals surface area (Å²) in [7, 11) is 1.85. The molecule has 0 aliphatic carbocycles. The van der Waals surface area contributed by atoms with Crippen LogP contribution in [-0.4, -0.2) is 30.8 Å². The molecule has 8 heteroatoms. The molecule has 0 bridgehead atoms. The minimum absolute atomic E-state index is 0.0929. The van der Waals surface area contributed by atoms with Gasteiger partial charge < -0.3 is 15.0 Å². The van der Waals surface area contributed by atoms with E-state index in [-0.39, 0.29) is 10.9 Å². The Morgan fingerprint density at radius 3 is 2.83 bits per heavy atom. The van der Waals surface area contributed by atoms with Crippen molar-refractivity contribution in [2.45, 2.75) is 19.9 Å². The SMILES string of the molecule is Cc1nc(NC(C)c2nncn2C)sc1C(=O)O. The minimum atomic E-state index is -0.954. The molecular weight excluding hydrogens is 254 g/mol. The minimum Gasteiger partial charge on any atom is -0.477 e. The van der Waals surface area contributed by atoms with Gasteiger partial charge in [-0.25, -0.2) is 9.78 Å². The molecule has 96 valence electrons. The number of aromatic carboxylic acids is 1. The van der Waals surface area contributed by atoms with E-state index in [9.17, 15) is 4.79 Å². The van der Waals surface area contributed by atoms with Gasteiger partial charge in [-0.05, 0) is 13.8 Å². The highest BCUT2D eigenvalue weighted by Gasteiger charge is 2.17. The van der Waals surface area contributed by atoms with Crippen LogP contribution in [0.4, 0.5) is 5.13 Å². The molecule has 0 saturated heterocycles. The first-order valence-electron chi connectivity index (χ1n) is 5.30. The van der Waals surface area contributed by atoms with Gasteiger partial charge in [0.2, 0.25) is 0 Å². The lowest BCUT2D eigenvalue weighted by molar-refractivity contribution is 0.0701. The highest BCUT2D eigenvalue weighted by atomic mass is 32.1. The van der Waals surface area contributed by atoms with Crippen molar-refractivity contribution in [3.63, 3.8) is 0 Å². The van der Waals surface area contributed by atoms with Gasteiger partial charge in [0, 0.05) is 7.05 Å². The average Bonchev–Trinajstić information content (AvgIpc) is 2.84. The predicted octanol–water partition coefficient (Wildman–Crippen LogP) is 1.45. The Morgan fingerprint density at radius 2 is 2.33 bits per heavy atom. The molecule has 0 spiro atoms. The summed E-state index contributed by atoms with van der Waals surface area (Å²) in [6, 6.07) is -0.0929. The van der Waals surface area contributed by atoms with Crippen molar-refractivity contribution < 1.29 is 9.90 Å². The third-order valence-corrected chi connectivity index (χ3v) is 3.54. The number of aromatic nitrogens is 4. The van der Waals surface area contributed by atoms with Crippen LogP contribution in [0.5, 0.6) is 0 Å². The quantitative estimate of drug-likeness (QED) is 0.871. The zero-order chi connectivity index (χ0) is 13.3. The molecule has 0 fully saturated rings. The van der Waals surface area contributed by atoms with Gasteiger partial charge in [-0.15, -0.1) is 10.2 Å². The van der Waals surface area contributed by atoms with Gasteiger partial charge in [-0.3, -0.25) is 0 Å². The van der Waals surface area contributed by atoms with Crippen LogP contribution in [-0.2, 0) is 7.05 Å². The molecular formula is C10H13N5O2S. The normalized spacial score (nSPS) is 12.4. The number of thiazole rings is 1. The van der Waals surface area contributed by atoms with Gasteiger partial charge in [0.15, 0.2) is 11.0 Å². The first-order chi connectivity index (χ1) is 8.49. The van der Waals surface area contributed by atoms with E-state index in [0.717, 1.165) is 17.2 Å². The van der Waals surface area contributed by atoms with Gasteiger partial charge >= 0.3 is 5.97 Å². The van der Waals surface area contributed by atoms with Gasteiger partial charge in [-0.2, -0.15) is 0 Å². The van der Waals surface area contributed by atoms with E-state index < -0.39 is 5.97 Å². The number of hydrogen-bond acceptors (Lipinski definition) is 6. The number of rotatable bonds is 4. The molecule has 2 N–H and O–H groups in total. The largest absolute Gasteiger partial charge is 0.477 e. The van der Waals surface area contributed by atoms with Crippen molar-refractivity contribution in [1.82, 2.24) is 19.7 Å². The summed E-state index contributed by atoms with van der Waals surface area (Å²) in [5.74, 6) is -0.191. The smallest absolute Gasteiger partial charge is 0.347 e. The molecule has 0 aromatic carbocycles. The van der Waals surface area contributed by atoms with Crippen LogP contribution in [0.1, 0.15) is 34.2 Å². The molecule has 2 aromatic heterocycles. The molecule has 0 amide bonds. The first kappa shape index (κ1) is 12.5. The van der Waals surface area contributed by atoms with E-state index >= 15 is 0 Å². The third kappa shape index (κ3) is 2.33. The number of hydrogen-bond donors (Lipinski definition) is 2. The number of anilines is 1. The van der Waals surface area contributed by atoms with E-state index in [1.165, 1.54) is 0 Å². The molecule has 0 aliphatic heterocycles. The zero-order valence-electron chi connectivity index (χ0n) is 10.2. The number of aryl methyl sites for hydroxylation is 2. The van der Waals surface area contributed by atoms with Crippen LogP contribution in [0.15, 0.2) is 6.33 Å². The van der Waals surface area contributed by atoms with Crippen LogP contribution in [0, 0.1) is 6.92 Å². The van der Waals surface area contributed by atoms with Gasteiger partial charge in [0.05, 0.1) is 11.7 Å². The molecule has 2 rings (SSSR count). The van der Waals surface area contributed by atoms with Crippen LogP contribution < -0.4 is 5.32 Å². The topological polar surface area (TPSA) is 92.9 Å². The summed E-state index contributed by atoms with van der Waals surface area (Å²) < 4.78 is 1.80. The maximum Gasteiger partial charge on any atom is 0.347 e. The van der Waals surface area contributed by atoms with E-state index in [2.05, 4.69) is 20.5 Å². The standard InChI is InChI=1S/C10H13N5O2S/c1-5-7(9(16)17)18-10(12-5)13-6(2)8-14-11-4-15(8)3/h4,6H,1-3H3,(H,12,13)(H,16,17). The first-order valence-corrected chi connectivity index (χ1v) is 6.12. The lowest BCUT2D eigenvalue weighted by atomic mass is 10.3. The summed E-state index contributed by atoms with van der Waals surface area (Å²) in [5, 5.41) is 20.4. The lowest BCUT2D eigenvalue weighted by Crippen LogP contribution is -2.11. The van der Waals surface area contributed by atoms with Crippen LogP contribution in [0.2, 0.25) is 0 Å². The molecule has 0 saturated carbocycles. The Balaban J connectivity index is 2.17. The fraction of sp³-hybridized carbons (Fsp3) is 0.400. The molecule has 0 radical (unpaired) electrons. The van der Waals surface area contributed by atoms with Crippen molar-refractivity contribution in [3.8, 4) is 0 Å². The van der Waals surface area contributed by atoms with Crippen molar-refractivity contribution in [2.24, 2.45) is 7.05 Å². The van der Waals surface area contributed by atoms with E-state index in [1.54, 1.807) is 17.8 Å². The number of nitrogens with one attached hydrogen (secondary N) is 1. The molecule has 1 unspecified atom stereocenters. The van der Waals surface area contributed by atoms with E-state index in [1.807, 2.05) is 14.0 Å². The Bertz CT molecular complexity index is 577. The highest BCUT2D eigenvalue weighted by Crippen LogP contribution is 2.25. The fourth-order valence-electron chi connectivity index (χ4n) is 1.59. The maximum atomic E-state index is 10.9. The predicted molar refractivity (Wildman–Crippen MR) is 66.9 cm³/mol. The van der Waals surface area contributed by atoms with Gasteiger partial charge in [-0.1, -0.05) is 11.3 Å². The maximum absolute atomic E-state index is 10.9. The Hall–Kier alpha value is -1.96. The third-order valence-electron chi connectivity index (χ3n) is 2.46. The molecule has 2 heterocycles. The Kier molecular flexibility index (Phi) is 3.28. The van der Waals surface area contributed by atoms with Gasteiger partial charge in [0.25, 0.3) is 0 Å². The second kappa shape index (κ2) is 4.73. The van der Waals surface area contributed by atoms with E-state index in [4.69, 9.17) is 5.11 Å². The van der Waals surface area contributed by atoms with Gasteiger partial charge in [0.1, 0.15) is 11.2 Å². The summed E-state index contributed by atoms with van der Waals surface area (Å²) in [5.41, 5.74) is 0.514. The Morgan fingerprint density at radius 1 is 1.61 bits per heavy atom. The molecule has 2 aromatic rings. The van der Waals surface area contributed by atoms with Crippen LogP contribution in [0.25, 0.3) is 0 Å². The second-order valence-corrected chi connectivity index (χ2v) is 4.90. The van der Waals surface area contributed by atoms with Crippen molar-refractivity contribution in [2.75, 3.05) is 5.32 Å². The fourth-order valence-corrected chi connectivity index (χ4v) is 2.48. The molecule has 18 heavy (non-hydrogen) atoms. The monoisotopic (exact) mass is 267 g/mol. The van der Waals surface area contributed by atoms with Crippen molar-refractivity contribution in [3.05, 3.63) is 22.7 Å². The highest BCUT2D eigenvalue weighted by molar-refractivity contribution is 7.17. The van der Waals surface area contributed by atoms with E-state index in [0.29, 0.717) is 10.8 Å². The molecule has 0 aliphatic rings. The lowest BCUT2D eigenvalue weighted by Gasteiger charge is -2.11. The van der Waals surface area contributed by atoms with Crippen molar-refractivity contribution >= 4 is 22.4 Å². The zero-order valence-corrected chi connectivity index (χ0v) is 11.0. The summed E-state index contributed by atoms with van der Waals surface area (Å²) in [6.45, 7) is 3.60. The number of carboxylic acids is 1. The van der Waals surface area contributed by atoms with Crippen molar-refractivity contribution in [1.29, 1.82) is 0 Å². The number of carbonyl (C=O) groups is 1. The van der Waals surface area contributed by atoms with Crippen LogP contribution in [0.3, 0.4) is 0 Å². The van der Waals surface area contributed by atoms with Crippen LogP contribution >= 0.6 is 11.3 Å². The Labute approximate surface area is 108 Å². The summed E-state index contributed by atoms with van der Waals surface area (Å²) in [6.07, 6.45) is 1.61.